The fourth-order valence-corrected chi connectivity index (χ4v) is 2.55. The van der Waals surface area contributed by atoms with E-state index in [0.717, 1.165) is 5.56 Å². The third kappa shape index (κ3) is 1.38. The summed E-state index contributed by atoms with van der Waals surface area (Å²) in [6, 6.07) is 1.32. The Bertz CT molecular complexity index is 408. The number of fused-ring (bicyclic) bond motifs is 1. The zero-order chi connectivity index (χ0) is 9.59. The van der Waals surface area contributed by atoms with Gasteiger partial charge in [-0.15, -0.1) is 0 Å². The molecular formula is C8H4BrFINO. The maximum Gasteiger partial charge on any atom is 0.253 e. The highest BCUT2D eigenvalue weighted by Gasteiger charge is 2.25. The normalized spacial score (nSPS) is 14.2. The molecular weight excluding hydrogens is 352 g/mol. The summed E-state index contributed by atoms with van der Waals surface area (Å²) in [7, 11) is 0. The van der Waals surface area contributed by atoms with Crippen LogP contribution >= 0.6 is 38.5 Å². The molecule has 1 aromatic carbocycles. The minimum atomic E-state index is -0.289. The summed E-state index contributed by atoms with van der Waals surface area (Å²) in [4.78, 5) is 11.3. The molecule has 68 valence electrons. The van der Waals surface area contributed by atoms with Gasteiger partial charge in [0.05, 0.1) is 9.13 Å². The second kappa shape index (κ2) is 3.20. The van der Waals surface area contributed by atoms with Gasteiger partial charge in [-0.1, -0.05) is 0 Å². The van der Waals surface area contributed by atoms with Crippen molar-refractivity contribution in [3.8, 4) is 0 Å². The molecule has 1 amide bonds. The number of benzene rings is 1. The molecule has 0 aliphatic carbocycles. The number of halogens is 3. The third-order valence-corrected chi connectivity index (χ3v) is 3.71. The highest BCUT2D eigenvalue weighted by atomic mass is 127. The molecule has 1 aliphatic rings. The zero-order valence-electron chi connectivity index (χ0n) is 6.33. The van der Waals surface area contributed by atoms with Gasteiger partial charge >= 0.3 is 0 Å². The van der Waals surface area contributed by atoms with Gasteiger partial charge in [-0.3, -0.25) is 4.79 Å². The van der Waals surface area contributed by atoms with Crippen molar-refractivity contribution in [2.24, 2.45) is 0 Å². The molecule has 0 fully saturated rings. The number of carbonyl (C=O) groups excluding carboxylic acids is 1. The number of nitrogens with one attached hydrogen (secondary N) is 1. The summed E-state index contributed by atoms with van der Waals surface area (Å²) in [6.07, 6.45) is 0. The van der Waals surface area contributed by atoms with E-state index < -0.39 is 0 Å². The Hall–Kier alpha value is -0.170. The van der Waals surface area contributed by atoms with Crippen molar-refractivity contribution in [2.75, 3.05) is 0 Å². The summed E-state index contributed by atoms with van der Waals surface area (Å²) in [5.41, 5.74) is 1.31. The molecule has 0 unspecified atom stereocenters. The van der Waals surface area contributed by atoms with Gasteiger partial charge in [-0.2, -0.15) is 0 Å². The summed E-state index contributed by atoms with van der Waals surface area (Å²) in [5, 5.41) is 2.65. The Morgan fingerprint density at radius 3 is 3.00 bits per heavy atom. The van der Waals surface area contributed by atoms with Crippen molar-refractivity contribution < 1.29 is 9.18 Å². The van der Waals surface area contributed by atoms with Crippen LogP contribution in [0.4, 0.5) is 4.39 Å². The smallest absolute Gasteiger partial charge is 0.253 e. The average molecular weight is 356 g/mol. The number of amides is 1. The molecule has 13 heavy (non-hydrogen) atoms. The van der Waals surface area contributed by atoms with Crippen LogP contribution in [0.5, 0.6) is 0 Å². The van der Waals surface area contributed by atoms with E-state index in [0.29, 0.717) is 20.2 Å². The van der Waals surface area contributed by atoms with E-state index in [9.17, 15) is 9.18 Å². The Balaban J connectivity index is 2.76. The molecule has 0 aromatic heterocycles. The molecule has 1 N–H and O–H groups in total. The Labute approximate surface area is 96.2 Å². The van der Waals surface area contributed by atoms with Gasteiger partial charge in [-0.05, 0) is 44.6 Å². The van der Waals surface area contributed by atoms with Crippen LogP contribution in [-0.4, -0.2) is 5.91 Å². The standard InChI is InChI=1S/C8H4BrFINO/c9-4-1-5(10)7(11)3-2-12-8(13)6(3)4/h1H,2H2,(H,12,13). The topological polar surface area (TPSA) is 29.1 Å². The van der Waals surface area contributed by atoms with Gasteiger partial charge < -0.3 is 5.32 Å². The van der Waals surface area contributed by atoms with E-state index >= 15 is 0 Å². The van der Waals surface area contributed by atoms with Gasteiger partial charge in [-0.25, -0.2) is 4.39 Å². The molecule has 0 radical (unpaired) electrons. The number of rotatable bonds is 0. The summed E-state index contributed by atoms with van der Waals surface area (Å²) < 4.78 is 14.2. The molecule has 0 bridgehead atoms. The second-order valence-electron chi connectivity index (χ2n) is 2.69. The lowest BCUT2D eigenvalue weighted by atomic mass is 10.1. The van der Waals surface area contributed by atoms with Crippen LogP contribution in [0.3, 0.4) is 0 Å². The molecule has 0 saturated carbocycles. The van der Waals surface area contributed by atoms with Crippen molar-refractivity contribution in [3.05, 3.63) is 31.1 Å². The van der Waals surface area contributed by atoms with E-state index in [1.165, 1.54) is 6.07 Å². The Morgan fingerprint density at radius 2 is 2.31 bits per heavy atom. The lowest BCUT2D eigenvalue weighted by Gasteiger charge is -2.03. The molecule has 0 spiro atoms. The van der Waals surface area contributed by atoms with Crippen LogP contribution in [0.1, 0.15) is 15.9 Å². The van der Waals surface area contributed by atoms with Crippen LogP contribution in [0, 0.1) is 9.39 Å². The molecule has 5 heteroatoms. The highest BCUT2D eigenvalue weighted by molar-refractivity contribution is 14.1. The Morgan fingerprint density at radius 1 is 1.62 bits per heavy atom. The van der Waals surface area contributed by atoms with Gasteiger partial charge in [0.2, 0.25) is 0 Å². The monoisotopic (exact) mass is 355 g/mol. The van der Waals surface area contributed by atoms with Crippen molar-refractivity contribution in [2.45, 2.75) is 6.54 Å². The number of hydrogen-bond donors (Lipinski definition) is 1. The molecule has 1 aliphatic heterocycles. The quantitative estimate of drug-likeness (QED) is 0.562. The minimum Gasteiger partial charge on any atom is -0.348 e. The maximum absolute atomic E-state index is 13.2. The third-order valence-electron chi connectivity index (χ3n) is 1.92. The van der Waals surface area contributed by atoms with E-state index in [2.05, 4.69) is 21.2 Å². The van der Waals surface area contributed by atoms with Gasteiger partial charge in [0.25, 0.3) is 5.91 Å². The van der Waals surface area contributed by atoms with Crippen molar-refractivity contribution in [1.29, 1.82) is 0 Å². The van der Waals surface area contributed by atoms with Crippen LogP contribution < -0.4 is 5.32 Å². The van der Waals surface area contributed by atoms with E-state index in [-0.39, 0.29) is 11.7 Å². The fourth-order valence-electron chi connectivity index (χ4n) is 1.31. The molecule has 0 atom stereocenters. The first-order valence-electron chi connectivity index (χ1n) is 3.56. The highest BCUT2D eigenvalue weighted by Crippen LogP contribution is 2.30. The lowest BCUT2D eigenvalue weighted by molar-refractivity contribution is 0.0965. The Kier molecular flexibility index (Phi) is 2.31. The predicted molar refractivity (Wildman–Crippen MR) is 58.0 cm³/mol. The minimum absolute atomic E-state index is 0.139. The zero-order valence-corrected chi connectivity index (χ0v) is 10.1. The molecule has 1 aromatic rings. The van der Waals surface area contributed by atoms with Crippen LogP contribution in [0.2, 0.25) is 0 Å². The van der Waals surface area contributed by atoms with Crippen molar-refractivity contribution in [3.63, 3.8) is 0 Å². The van der Waals surface area contributed by atoms with Gasteiger partial charge in [0, 0.05) is 16.6 Å². The van der Waals surface area contributed by atoms with Crippen LogP contribution in [0.15, 0.2) is 10.5 Å². The first-order chi connectivity index (χ1) is 6.11. The van der Waals surface area contributed by atoms with E-state index in [1.54, 1.807) is 0 Å². The van der Waals surface area contributed by atoms with E-state index in [1.807, 2.05) is 22.6 Å². The molecule has 2 rings (SSSR count). The van der Waals surface area contributed by atoms with Crippen LogP contribution in [0.25, 0.3) is 0 Å². The lowest BCUT2D eigenvalue weighted by Crippen LogP contribution is -2.12. The van der Waals surface area contributed by atoms with E-state index in [4.69, 9.17) is 0 Å². The largest absolute Gasteiger partial charge is 0.348 e. The number of carbonyl (C=O) groups is 1. The molecule has 2 nitrogen and oxygen atoms in total. The second-order valence-corrected chi connectivity index (χ2v) is 4.62. The molecule has 1 heterocycles. The first-order valence-corrected chi connectivity index (χ1v) is 5.43. The van der Waals surface area contributed by atoms with Crippen molar-refractivity contribution in [1.82, 2.24) is 5.32 Å². The molecule has 0 saturated heterocycles. The maximum atomic E-state index is 13.2. The average Bonchev–Trinajstić information content (AvgIpc) is 2.44. The summed E-state index contributed by atoms with van der Waals surface area (Å²) >= 11 is 5.08. The van der Waals surface area contributed by atoms with Gasteiger partial charge in [0.15, 0.2) is 0 Å². The van der Waals surface area contributed by atoms with Crippen LogP contribution in [-0.2, 0) is 6.54 Å². The van der Waals surface area contributed by atoms with Crippen molar-refractivity contribution >= 4 is 44.4 Å². The number of hydrogen-bond acceptors (Lipinski definition) is 1. The summed E-state index contributed by atoms with van der Waals surface area (Å²) in [5.74, 6) is -0.428. The SMILES string of the molecule is O=C1NCc2c(I)c(F)cc(Br)c21. The van der Waals surface area contributed by atoms with Gasteiger partial charge in [0.1, 0.15) is 5.82 Å². The predicted octanol–water partition coefficient (Wildman–Crippen LogP) is 2.44. The summed E-state index contributed by atoms with van der Waals surface area (Å²) in [6.45, 7) is 0.419. The fraction of sp³-hybridized carbons (Fsp3) is 0.125. The first kappa shape index (κ1) is 9.39.